The second-order valence-corrected chi connectivity index (χ2v) is 9.42. The van der Waals surface area contributed by atoms with Crippen LogP contribution in [0.2, 0.25) is 0 Å². The number of aliphatic carboxylic acids is 1. The summed E-state index contributed by atoms with van der Waals surface area (Å²) >= 11 is 0. The van der Waals surface area contributed by atoms with Crippen LogP contribution in [0.4, 0.5) is 10.5 Å². The van der Waals surface area contributed by atoms with Gasteiger partial charge in [0.1, 0.15) is 17.5 Å². The number of anilines is 1. The third-order valence-corrected chi connectivity index (χ3v) is 6.94. The van der Waals surface area contributed by atoms with E-state index in [1.807, 2.05) is 48.5 Å². The van der Waals surface area contributed by atoms with Crippen LogP contribution in [0.3, 0.4) is 0 Å². The third-order valence-electron chi connectivity index (χ3n) is 6.94. The second kappa shape index (κ2) is 9.87. The molecule has 8 heteroatoms. The van der Waals surface area contributed by atoms with Crippen molar-refractivity contribution in [3.63, 3.8) is 0 Å². The van der Waals surface area contributed by atoms with Crippen LogP contribution < -0.4 is 5.32 Å². The Morgan fingerprint density at radius 1 is 1.05 bits per heavy atom. The van der Waals surface area contributed by atoms with Gasteiger partial charge in [-0.1, -0.05) is 65.8 Å². The van der Waals surface area contributed by atoms with E-state index in [1.54, 1.807) is 38.1 Å². The van der Waals surface area contributed by atoms with Gasteiger partial charge in [0.15, 0.2) is 5.76 Å². The maximum atomic E-state index is 12.7. The lowest BCUT2D eigenvalue weighted by atomic mass is 9.93. The molecule has 4 aromatic rings. The van der Waals surface area contributed by atoms with Gasteiger partial charge in [-0.3, -0.25) is 10.1 Å². The van der Waals surface area contributed by atoms with Crippen LogP contribution in [0.25, 0.3) is 22.5 Å². The van der Waals surface area contributed by atoms with Gasteiger partial charge in [-0.05, 0) is 61.1 Å². The number of hydrogen-bond acceptors (Lipinski definition) is 6. The largest absolute Gasteiger partial charge is 0.481 e. The highest BCUT2D eigenvalue weighted by Gasteiger charge is 2.51. The zero-order chi connectivity index (χ0) is 26.9. The van der Waals surface area contributed by atoms with E-state index >= 15 is 0 Å². The summed E-state index contributed by atoms with van der Waals surface area (Å²) in [6.45, 7) is 3.46. The molecule has 2 N–H and O–H groups in total. The van der Waals surface area contributed by atoms with E-state index in [4.69, 9.17) is 14.5 Å². The lowest BCUT2D eigenvalue weighted by Gasteiger charge is -2.14. The number of nitrogens with zero attached hydrogens (tertiary/aromatic N) is 2. The number of rotatable bonds is 7. The van der Waals surface area contributed by atoms with Crippen molar-refractivity contribution in [2.45, 2.75) is 38.2 Å². The number of carboxylic acids is 1. The van der Waals surface area contributed by atoms with Crippen LogP contribution >= 0.6 is 0 Å². The van der Waals surface area contributed by atoms with E-state index in [1.165, 1.54) is 0 Å². The van der Waals surface area contributed by atoms with Crippen molar-refractivity contribution in [2.75, 3.05) is 5.32 Å². The fourth-order valence-corrected chi connectivity index (χ4v) is 4.48. The first-order chi connectivity index (χ1) is 18.3. The van der Waals surface area contributed by atoms with E-state index in [0.717, 1.165) is 22.3 Å². The number of aromatic nitrogens is 1. The van der Waals surface area contributed by atoms with E-state index in [2.05, 4.69) is 16.5 Å². The highest BCUT2D eigenvalue weighted by Crippen LogP contribution is 2.48. The predicted octanol–water partition coefficient (Wildman–Crippen LogP) is 6.61. The number of hydrogen-bond donors (Lipinski definition) is 2. The molecule has 3 aromatic carbocycles. The first-order valence-corrected chi connectivity index (χ1v) is 12.2. The smallest absolute Gasteiger partial charge is 0.412 e. The van der Waals surface area contributed by atoms with Crippen molar-refractivity contribution in [2.24, 2.45) is 0 Å². The summed E-state index contributed by atoms with van der Waals surface area (Å²) in [5, 5.41) is 25.4. The van der Waals surface area contributed by atoms with E-state index in [0.29, 0.717) is 41.1 Å². The molecule has 1 aromatic heterocycles. The fraction of sp³-hybridized carbons (Fsp3) is 0.200. The molecule has 38 heavy (non-hydrogen) atoms. The molecule has 1 saturated carbocycles. The van der Waals surface area contributed by atoms with Crippen molar-refractivity contribution in [3.8, 4) is 28.5 Å². The number of carbonyl (C=O) groups is 2. The molecule has 0 saturated heterocycles. The molecule has 1 aliphatic rings. The van der Waals surface area contributed by atoms with Crippen molar-refractivity contribution in [1.82, 2.24) is 5.16 Å². The Bertz CT molecular complexity index is 1540. The normalized spacial score (nSPS) is 14.2. The number of nitriles is 1. The molecule has 1 atom stereocenters. The highest BCUT2D eigenvalue weighted by atomic mass is 16.6. The molecule has 1 unspecified atom stereocenters. The average molecular weight is 508 g/mol. The molecule has 0 aliphatic heterocycles. The van der Waals surface area contributed by atoms with E-state index in [-0.39, 0.29) is 0 Å². The standard InChI is InChI=1S/C30H25N3O5/c1-18-26(32-29(36)37-19(2)24-5-3-4-20(16-24)17-31)27(38-33-18)23-8-6-21(7-9-23)22-10-12-25(13-11-22)30(14-15-30)28(34)35/h3-13,16,19H,14-15H2,1-2H3,(H,32,36)(H,34,35). The number of aryl methyl sites for hydroxylation is 1. The van der Waals surface area contributed by atoms with Crippen LogP contribution in [-0.4, -0.2) is 22.3 Å². The van der Waals surface area contributed by atoms with Gasteiger partial charge >= 0.3 is 12.1 Å². The molecule has 0 bridgehead atoms. The summed E-state index contributed by atoms with van der Waals surface area (Å²) in [5.74, 6) is -0.370. The Hall–Kier alpha value is -4.90. The van der Waals surface area contributed by atoms with Gasteiger partial charge in [0.05, 0.1) is 17.0 Å². The summed E-state index contributed by atoms with van der Waals surface area (Å²) in [4.78, 5) is 24.3. The third kappa shape index (κ3) is 4.74. The first-order valence-electron chi connectivity index (χ1n) is 12.2. The average Bonchev–Trinajstić information content (AvgIpc) is 3.68. The van der Waals surface area contributed by atoms with E-state index < -0.39 is 23.6 Å². The molecule has 1 aliphatic carbocycles. The minimum atomic E-state index is -0.770. The first kappa shape index (κ1) is 24.8. The molecular weight excluding hydrogens is 482 g/mol. The lowest BCUT2D eigenvalue weighted by Crippen LogP contribution is -2.19. The topological polar surface area (TPSA) is 125 Å². The number of carboxylic acid groups (broad SMARTS) is 1. The van der Waals surface area contributed by atoms with Gasteiger partial charge in [-0.2, -0.15) is 5.26 Å². The predicted molar refractivity (Wildman–Crippen MR) is 140 cm³/mol. The minimum absolute atomic E-state index is 0.401. The molecular formula is C30H25N3O5. The lowest BCUT2D eigenvalue weighted by molar-refractivity contribution is -0.140. The second-order valence-electron chi connectivity index (χ2n) is 9.42. The van der Waals surface area contributed by atoms with Gasteiger partial charge in [0, 0.05) is 5.56 Å². The Labute approximate surface area is 219 Å². The van der Waals surface area contributed by atoms with Crippen molar-refractivity contribution in [3.05, 3.63) is 95.2 Å². The number of ether oxygens (including phenoxy) is 1. The summed E-state index contributed by atoms with van der Waals surface area (Å²) in [6.07, 6.45) is 0.107. The Morgan fingerprint density at radius 2 is 1.68 bits per heavy atom. The molecule has 1 heterocycles. The summed E-state index contributed by atoms with van der Waals surface area (Å²) in [7, 11) is 0. The quantitative estimate of drug-likeness (QED) is 0.288. The van der Waals surface area contributed by atoms with Crippen molar-refractivity contribution < 1.29 is 24.0 Å². The van der Waals surface area contributed by atoms with Gasteiger partial charge in [-0.25, -0.2) is 4.79 Å². The van der Waals surface area contributed by atoms with E-state index in [9.17, 15) is 14.7 Å². The molecule has 0 spiro atoms. The number of benzene rings is 3. The molecule has 0 radical (unpaired) electrons. The van der Waals surface area contributed by atoms with Gasteiger partial charge in [0.25, 0.3) is 0 Å². The molecule has 5 rings (SSSR count). The van der Waals surface area contributed by atoms with Crippen LogP contribution in [-0.2, 0) is 14.9 Å². The highest BCUT2D eigenvalue weighted by molar-refractivity contribution is 5.91. The zero-order valence-electron chi connectivity index (χ0n) is 20.9. The maximum absolute atomic E-state index is 12.7. The van der Waals surface area contributed by atoms with Gasteiger partial charge in [-0.15, -0.1) is 0 Å². The van der Waals surface area contributed by atoms with Crippen LogP contribution in [0.5, 0.6) is 0 Å². The monoisotopic (exact) mass is 507 g/mol. The SMILES string of the molecule is Cc1noc(-c2ccc(-c3ccc(C4(C(=O)O)CC4)cc3)cc2)c1NC(=O)OC(C)c1cccc(C#N)c1. The van der Waals surface area contributed by atoms with Gasteiger partial charge in [0.2, 0.25) is 0 Å². The molecule has 8 nitrogen and oxygen atoms in total. The Morgan fingerprint density at radius 3 is 2.29 bits per heavy atom. The summed E-state index contributed by atoms with van der Waals surface area (Å²) < 4.78 is 11.0. The fourth-order valence-electron chi connectivity index (χ4n) is 4.48. The Kier molecular flexibility index (Phi) is 6.43. The minimum Gasteiger partial charge on any atom is -0.481 e. The van der Waals surface area contributed by atoms with Crippen LogP contribution in [0.1, 0.15) is 48.3 Å². The summed E-state index contributed by atoms with van der Waals surface area (Å²) in [6, 6.07) is 24.2. The molecule has 1 amide bonds. The zero-order valence-corrected chi connectivity index (χ0v) is 20.9. The number of amides is 1. The van der Waals surface area contributed by atoms with Crippen LogP contribution in [0, 0.1) is 18.3 Å². The van der Waals surface area contributed by atoms with Crippen molar-refractivity contribution in [1.29, 1.82) is 5.26 Å². The van der Waals surface area contributed by atoms with Crippen molar-refractivity contribution >= 4 is 17.7 Å². The van der Waals surface area contributed by atoms with Gasteiger partial charge < -0.3 is 14.4 Å². The molecule has 1 fully saturated rings. The van der Waals surface area contributed by atoms with Crippen LogP contribution in [0.15, 0.2) is 77.3 Å². The number of nitrogens with one attached hydrogen (secondary N) is 1. The Balaban J connectivity index is 1.29. The maximum Gasteiger partial charge on any atom is 0.412 e. The molecule has 190 valence electrons. The summed E-state index contributed by atoms with van der Waals surface area (Å²) in [5.41, 5.74) is 4.86. The number of carbonyl (C=O) groups excluding carboxylic acids is 1.